The average Bonchev–Trinajstić information content (AvgIpc) is 2.95. The van der Waals surface area contributed by atoms with E-state index in [0.717, 1.165) is 43.9 Å². The number of carbonyl (C=O) groups excluding carboxylic acids is 3. The normalized spacial score (nSPS) is 15.7. The van der Waals surface area contributed by atoms with Gasteiger partial charge in [0, 0.05) is 12.6 Å². The molecule has 1 atom stereocenters. The van der Waals surface area contributed by atoms with Gasteiger partial charge in [0.05, 0.1) is 29.6 Å². The van der Waals surface area contributed by atoms with Crippen LogP contribution in [0.5, 0.6) is 5.75 Å². The van der Waals surface area contributed by atoms with Gasteiger partial charge in [0.2, 0.25) is 0 Å². The third kappa shape index (κ3) is 9.42. The predicted octanol–water partition coefficient (Wildman–Crippen LogP) is 7.87. The first-order valence-electron chi connectivity index (χ1n) is 15.1. The van der Waals surface area contributed by atoms with Gasteiger partial charge in [0.25, 0.3) is 10.0 Å². The number of hydrogen-bond donors (Lipinski definition) is 0. The number of rotatable bonds is 8. The monoisotopic (exact) mass is 698 g/mol. The summed E-state index contributed by atoms with van der Waals surface area (Å²) in [5.41, 5.74) is -4.61. The van der Waals surface area contributed by atoms with Crippen LogP contribution < -0.4 is 13.9 Å². The molecule has 0 bridgehead atoms. The minimum atomic E-state index is -5.36. The number of hydrogen-bond acceptors (Lipinski definition) is 10. The van der Waals surface area contributed by atoms with Crippen LogP contribution in [-0.2, 0) is 30.4 Å². The van der Waals surface area contributed by atoms with Crippen molar-refractivity contribution in [2.45, 2.75) is 95.5 Å². The molecule has 1 fully saturated rings. The molecule has 1 saturated heterocycles. The number of ether oxygens (including phenoxy) is 4. The van der Waals surface area contributed by atoms with Gasteiger partial charge in [-0.3, -0.25) is 0 Å². The van der Waals surface area contributed by atoms with Crippen molar-refractivity contribution >= 4 is 39.6 Å². The summed E-state index contributed by atoms with van der Waals surface area (Å²) in [6.07, 6.45) is -3.66. The van der Waals surface area contributed by atoms with Crippen LogP contribution in [0.25, 0.3) is 0 Å². The summed E-state index contributed by atoms with van der Waals surface area (Å²) >= 11 is 0. The van der Waals surface area contributed by atoms with Gasteiger partial charge >= 0.3 is 24.4 Å². The molecule has 0 radical (unpaired) electrons. The number of esters is 1. The van der Waals surface area contributed by atoms with Crippen LogP contribution in [-0.4, -0.2) is 57.5 Å². The summed E-state index contributed by atoms with van der Waals surface area (Å²) in [6, 6.07) is 5.04. The van der Waals surface area contributed by atoms with Gasteiger partial charge in [0.15, 0.2) is 5.75 Å². The SMILES string of the molecule is C=CCC1CCCCN1c1ccc(C(F)(F)F)cc1N(C(=O)OC(C)(C)C)S(=O)(=O)c1cc(C(=O)OC)ccc1OC(=O)OC(C)(C)C. The summed E-state index contributed by atoms with van der Waals surface area (Å²) in [5.74, 6) is -1.67. The second-order valence-electron chi connectivity index (χ2n) is 13.0. The number of anilines is 2. The number of amides is 1. The van der Waals surface area contributed by atoms with Gasteiger partial charge in [-0.15, -0.1) is 6.58 Å². The Labute approximate surface area is 278 Å². The molecule has 1 aliphatic rings. The Morgan fingerprint density at radius 3 is 2.19 bits per heavy atom. The fraction of sp³-hybridized carbons (Fsp3) is 0.485. The van der Waals surface area contributed by atoms with Crippen molar-refractivity contribution in [2.75, 3.05) is 22.9 Å². The van der Waals surface area contributed by atoms with Crippen molar-refractivity contribution in [2.24, 2.45) is 0 Å². The lowest BCUT2D eigenvalue weighted by Crippen LogP contribution is -2.44. The average molecular weight is 699 g/mol. The number of piperidine rings is 1. The highest BCUT2D eigenvalue weighted by atomic mass is 32.2. The Hall–Kier alpha value is -4.27. The first kappa shape index (κ1) is 38.2. The minimum absolute atomic E-state index is 0.00252. The number of nitrogens with zero attached hydrogens (tertiary/aromatic N) is 2. The van der Waals surface area contributed by atoms with E-state index in [1.807, 2.05) is 0 Å². The summed E-state index contributed by atoms with van der Waals surface area (Å²) in [6.45, 7) is 13.1. The van der Waals surface area contributed by atoms with E-state index in [4.69, 9.17) is 18.9 Å². The standard InChI is InChI=1S/C33H41F3N2O9S/c1-9-12-23-13-10-11-18-37(23)24-16-15-22(33(34,35)36)20-25(24)38(29(40)46-31(2,3)4)48(42,43)27-19-21(28(39)44-8)14-17-26(27)45-30(41)47-32(5,6)7/h9,14-17,19-20,23H,1,10-13,18H2,2-8H3. The molecule has 1 unspecified atom stereocenters. The van der Waals surface area contributed by atoms with E-state index in [1.54, 1.807) is 11.0 Å². The smallest absolute Gasteiger partial charge is 0.465 e. The zero-order valence-electron chi connectivity index (χ0n) is 28.0. The van der Waals surface area contributed by atoms with Crippen LogP contribution in [0.1, 0.15) is 83.1 Å². The lowest BCUT2D eigenvalue weighted by molar-refractivity contribution is -0.137. The molecule has 0 aromatic heterocycles. The molecule has 15 heteroatoms. The van der Waals surface area contributed by atoms with E-state index in [2.05, 4.69) is 6.58 Å². The molecule has 1 amide bonds. The van der Waals surface area contributed by atoms with Crippen LogP contribution in [0.4, 0.5) is 34.1 Å². The molecule has 264 valence electrons. The van der Waals surface area contributed by atoms with Crippen molar-refractivity contribution in [3.8, 4) is 5.75 Å². The maximum atomic E-state index is 14.7. The van der Waals surface area contributed by atoms with Crippen molar-refractivity contribution in [1.29, 1.82) is 0 Å². The molecule has 0 N–H and O–H groups in total. The predicted molar refractivity (Wildman–Crippen MR) is 172 cm³/mol. The maximum absolute atomic E-state index is 14.7. The lowest BCUT2D eigenvalue weighted by Gasteiger charge is -2.39. The summed E-state index contributed by atoms with van der Waals surface area (Å²) in [5, 5.41) is 0. The Morgan fingerprint density at radius 2 is 1.62 bits per heavy atom. The van der Waals surface area contributed by atoms with E-state index in [1.165, 1.54) is 41.5 Å². The minimum Gasteiger partial charge on any atom is -0.465 e. The van der Waals surface area contributed by atoms with Crippen LogP contribution >= 0.6 is 0 Å². The Kier molecular flexibility index (Phi) is 11.5. The van der Waals surface area contributed by atoms with E-state index in [0.29, 0.717) is 31.9 Å². The highest BCUT2D eigenvalue weighted by molar-refractivity contribution is 7.93. The third-order valence-corrected chi connectivity index (χ3v) is 8.62. The molecular weight excluding hydrogens is 657 g/mol. The second-order valence-corrected chi connectivity index (χ2v) is 14.8. The molecule has 11 nitrogen and oxygen atoms in total. The van der Waals surface area contributed by atoms with Crippen molar-refractivity contribution in [3.05, 3.63) is 60.2 Å². The number of methoxy groups -OCH3 is 1. The molecule has 1 aliphatic heterocycles. The quantitative estimate of drug-likeness (QED) is 0.116. The van der Waals surface area contributed by atoms with Crippen molar-refractivity contribution < 1.29 is 54.9 Å². The molecule has 3 rings (SSSR count). The molecule has 0 spiro atoms. The fourth-order valence-electron chi connectivity index (χ4n) is 4.99. The Bertz CT molecular complexity index is 1640. The Balaban J connectivity index is 2.42. The topological polar surface area (TPSA) is 129 Å². The van der Waals surface area contributed by atoms with Crippen molar-refractivity contribution in [3.63, 3.8) is 0 Å². The van der Waals surface area contributed by atoms with Crippen molar-refractivity contribution in [1.82, 2.24) is 0 Å². The summed E-state index contributed by atoms with van der Waals surface area (Å²) in [4.78, 5) is 39.9. The van der Waals surface area contributed by atoms with Gasteiger partial charge in [-0.2, -0.15) is 17.5 Å². The molecule has 2 aromatic rings. The number of sulfonamides is 1. The van der Waals surface area contributed by atoms with Crippen LogP contribution in [0, 0.1) is 0 Å². The zero-order valence-corrected chi connectivity index (χ0v) is 28.8. The van der Waals surface area contributed by atoms with Gasteiger partial charge < -0.3 is 23.8 Å². The van der Waals surface area contributed by atoms with Crippen LogP contribution in [0.2, 0.25) is 0 Å². The maximum Gasteiger partial charge on any atom is 0.514 e. The Morgan fingerprint density at radius 1 is 0.979 bits per heavy atom. The second kappa shape index (κ2) is 14.5. The largest absolute Gasteiger partial charge is 0.514 e. The lowest BCUT2D eigenvalue weighted by atomic mass is 9.97. The summed E-state index contributed by atoms with van der Waals surface area (Å²) < 4.78 is 92.7. The highest BCUT2D eigenvalue weighted by Crippen LogP contribution is 2.43. The first-order chi connectivity index (χ1) is 22.1. The molecular formula is C33H41F3N2O9S. The third-order valence-electron chi connectivity index (χ3n) is 6.92. The number of alkyl halides is 3. The number of benzene rings is 2. The van der Waals surface area contributed by atoms with E-state index < -0.39 is 67.5 Å². The van der Waals surface area contributed by atoms with E-state index in [-0.39, 0.29) is 21.6 Å². The van der Waals surface area contributed by atoms with E-state index in [9.17, 15) is 36.0 Å². The first-order valence-corrected chi connectivity index (χ1v) is 16.5. The summed E-state index contributed by atoms with van der Waals surface area (Å²) in [7, 11) is -4.32. The van der Waals surface area contributed by atoms with Gasteiger partial charge in [-0.05, 0) is 104 Å². The molecule has 0 saturated carbocycles. The highest BCUT2D eigenvalue weighted by Gasteiger charge is 2.42. The van der Waals surface area contributed by atoms with Gasteiger partial charge in [-0.1, -0.05) is 6.08 Å². The van der Waals surface area contributed by atoms with Gasteiger partial charge in [0.1, 0.15) is 16.1 Å². The molecule has 48 heavy (non-hydrogen) atoms. The van der Waals surface area contributed by atoms with Crippen LogP contribution in [0.15, 0.2) is 53.9 Å². The molecule has 1 heterocycles. The fourth-order valence-corrected chi connectivity index (χ4v) is 6.46. The van der Waals surface area contributed by atoms with Crippen LogP contribution in [0.3, 0.4) is 0 Å². The molecule has 0 aliphatic carbocycles. The molecule has 2 aromatic carbocycles. The van der Waals surface area contributed by atoms with E-state index >= 15 is 0 Å². The zero-order chi connectivity index (χ0) is 36.2. The number of carbonyl (C=O) groups is 3. The number of halogens is 3. The van der Waals surface area contributed by atoms with Gasteiger partial charge in [-0.25, -0.2) is 22.8 Å².